The highest BCUT2D eigenvalue weighted by Crippen LogP contribution is 2.33. The van der Waals surface area contributed by atoms with E-state index in [1.807, 2.05) is 6.07 Å². The Kier molecular flexibility index (Phi) is 6.55. The Morgan fingerprint density at radius 1 is 0.921 bits per heavy atom. The molecule has 0 bridgehead atoms. The van der Waals surface area contributed by atoms with Crippen LogP contribution in [0.25, 0.3) is 0 Å². The molecule has 0 unspecified atom stereocenters. The van der Waals surface area contributed by atoms with Gasteiger partial charge in [0.05, 0.1) is 17.8 Å². The quantitative estimate of drug-likeness (QED) is 0.340. The van der Waals surface area contributed by atoms with Gasteiger partial charge in [-0.3, -0.25) is 0 Å². The third kappa shape index (κ3) is 5.13. The molecule has 3 heterocycles. The van der Waals surface area contributed by atoms with Gasteiger partial charge in [-0.1, -0.05) is 48.0 Å². The third-order valence-electron chi connectivity index (χ3n) is 6.80. The highest BCUT2D eigenvalue weighted by Gasteiger charge is 2.29. The number of hydrogen-bond acceptors (Lipinski definition) is 5. The van der Waals surface area contributed by atoms with Gasteiger partial charge in [-0.05, 0) is 47.9 Å². The van der Waals surface area contributed by atoms with Crippen molar-refractivity contribution in [2.75, 3.05) is 23.3 Å². The molecule has 6 rings (SSSR count). The summed E-state index contributed by atoms with van der Waals surface area (Å²) in [6.07, 6.45) is 1.44. The van der Waals surface area contributed by atoms with Gasteiger partial charge in [-0.15, -0.1) is 0 Å². The average molecular weight is 530 g/mol. The number of rotatable bonds is 4. The van der Waals surface area contributed by atoms with Crippen molar-refractivity contribution in [3.63, 3.8) is 0 Å². The van der Waals surface area contributed by atoms with Crippen molar-refractivity contribution >= 4 is 29.3 Å². The van der Waals surface area contributed by atoms with Crippen molar-refractivity contribution in [2.24, 2.45) is 0 Å². The second kappa shape index (κ2) is 10.3. The normalized spacial score (nSPS) is 14.5. The Morgan fingerprint density at radius 2 is 1.76 bits per heavy atom. The average Bonchev–Trinajstić information content (AvgIpc) is 2.92. The number of nitrogens with one attached hydrogen (secondary N) is 1. The maximum atomic E-state index is 13.9. The smallest absolute Gasteiger partial charge is 0.322 e. The molecule has 7 nitrogen and oxygen atoms in total. The van der Waals surface area contributed by atoms with Crippen molar-refractivity contribution in [1.29, 1.82) is 0 Å². The van der Waals surface area contributed by atoms with Gasteiger partial charge in [0.15, 0.2) is 0 Å². The minimum absolute atomic E-state index is 0.258. The summed E-state index contributed by atoms with van der Waals surface area (Å²) in [6, 6.07) is 21.1. The second-order valence-electron chi connectivity index (χ2n) is 9.37. The summed E-state index contributed by atoms with van der Waals surface area (Å²) in [5, 5.41) is 3.44. The van der Waals surface area contributed by atoms with E-state index >= 15 is 0 Å². The molecule has 2 amide bonds. The highest BCUT2D eigenvalue weighted by atomic mass is 35.5. The topological polar surface area (TPSA) is 70.6 Å². The number of halogens is 2. The van der Waals surface area contributed by atoms with E-state index in [2.05, 4.69) is 28.4 Å². The Balaban J connectivity index is 1.30. The lowest BCUT2D eigenvalue weighted by atomic mass is 10.0. The molecule has 3 aromatic carbocycles. The van der Waals surface area contributed by atoms with Crippen LogP contribution in [-0.2, 0) is 25.9 Å². The van der Waals surface area contributed by atoms with Crippen LogP contribution in [0.3, 0.4) is 0 Å². The highest BCUT2D eigenvalue weighted by molar-refractivity contribution is 6.30. The molecule has 0 atom stereocenters. The zero-order valence-electron chi connectivity index (χ0n) is 20.5. The molecule has 0 saturated heterocycles. The van der Waals surface area contributed by atoms with Crippen LogP contribution in [0.1, 0.15) is 22.4 Å². The van der Waals surface area contributed by atoms with E-state index in [9.17, 15) is 9.18 Å². The van der Waals surface area contributed by atoms with E-state index in [1.165, 1.54) is 23.3 Å². The molecule has 0 saturated carbocycles. The molecular formula is C29H25ClFN5O2. The van der Waals surface area contributed by atoms with E-state index in [0.29, 0.717) is 53.4 Å². The number of ether oxygens (including phenoxy) is 1. The summed E-state index contributed by atoms with van der Waals surface area (Å²) in [5.74, 6) is 0.832. The van der Waals surface area contributed by atoms with Crippen molar-refractivity contribution in [2.45, 2.75) is 25.9 Å². The summed E-state index contributed by atoms with van der Waals surface area (Å²) in [5.41, 5.74) is 4.73. The number of urea groups is 1. The van der Waals surface area contributed by atoms with Crippen molar-refractivity contribution < 1.29 is 13.9 Å². The summed E-state index contributed by atoms with van der Waals surface area (Å²) >= 11 is 6.07. The first-order chi connectivity index (χ1) is 18.5. The van der Waals surface area contributed by atoms with Crippen molar-refractivity contribution in [1.82, 2.24) is 14.9 Å². The van der Waals surface area contributed by atoms with Gasteiger partial charge in [0, 0.05) is 42.8 Å². The summed E-state index contributed by atoms with van der Waals surface area (Å²) in [6.45, 7) is 2.22. The van der Waals surface area contributed by atoms with Crippen LogP contribution in [0.5, 0.6) is 11.6 Å². The number of nitrogens with zero attached hydrogens (tertiary/aromatic N) is 4. The Labute approximate surface area is 224 Å². The predicted molar refractivity (Wildman–Crippen MR) is 144 cm³/mol. The van der Waals surface area contributed by atoms with Crippen LogP contribution in [0.2, 0.25) is 5.02 Å². The molecule has 2 aliphatic rings. The molecule has 0 radical (unpaired) electrons. The van der Waals surface area contributed by atoms with Gasteiger partial charge >= 0.3 is 6.03 Å². The first-order valence-corrected chi connectivity index (χ1v) is 12.9. The first kappa shape index (κ1) is 24.2. The minimum atomic E-state index is -0.402. The van der Waals surface area contributed by atoms with E-state index in [4.69, 9.17) is 26.3 Å². The first-order valence-electron chi connectivity index (χ1n) is 12.5. The van der Waals surface area contributed by atoms with E-state index in [0.717, 1.165) is 18.7 Å². The van der Waals surface area contributed by atoms with Crippen LogP contribution in [0, 0.1) is 5.82 Å². The molecule has 2 aliphatic heterocycles. The van der Waals surface area contributed by atoms with Gasteiger partial charge < -0.3 is 19.9 Å². The Hall–Kier alpha value is -4.17. The maximum absolute atomic E-state index is 13.9. The zero-order valence-corrected chi connectivity index (χ0v) is 21.3. The molecule has 1 aromatic heterocycles. The van der Waals surface area contributed by atoms with Crippen LogP contribution in [0.15, 0.2) is 72.8 Å². The lowest BCUT2D eigenvalue weighted by molar-refractivity contribution is 0.205. The van der Waals surface area contributed by atoms with Gasteiger partial charge in [-0.25, -0.2) is 14.2 Å². The largest absolute Gasteiger partial charge is 0.438 e. The summed E-state index contributed by atoms with van der Waals surface area (Å²) in [7, 11) is 0. The predicted octanol–water partition coefficient (Wildman–Crippen LogP) is 6.21. The molecule has 4 aromatic rings. The van der Waals surface area contributed by atoms with Crippen LogP contribution < -0.4 is 15.0 Å². The van der Waals surface area contributed by atoms with Crippen LogP contribution >= 0.6 is 11.6 Å². The number of anilines is 2. The molecule has 9 heteroatoms. The molecule has 0 aliphatic carbocycles. The number of fused-ring (bicyclic) bond motifs is 2. The monoisotopic (exact) mass is 529 g/mol. The Bertz CT molecular complexity index is 1510. The Morgan fingerprint density at radius 3 is 2.61 bits per heavy atom. The molecule has 0 spiro atoms. The van der Waals surface area contributed by atoms with Gasteiger partial charge in [-0.2, -0.15) is 4.98 Å². The van der Waals surface area contributed by atoms with Crippen molar-refractivity contribution in [3.8, 4) is 11.6 Å². The van der Waals surface area contributed by atoms with E-state index in [-0.39, 0.29) is 12.6 Å². The number of carbonyl (C=O) groups excluding carboxylic acids is 1. The maximum Gasteiger partial charge on any atom is 0.322 e. The molecular weight excluding hydrogens is 505 g/mol. The van der Waals surface area contributed by atoms with Crippen LogP contribution in [0.4, 0.5) is 20.8 Å². The molecule has 1 N–H and O–H groups in total. The third-order valence-corrected chi connectivity index (χ3v) is 7.03. The number of benzene rings is 3. The SMILES string of the molecule is O=C(Nc1cccc(Cl)c1)N1CCc2nc(N3CCc4ccccc4C3)nc(Oc3cccc(F)c3)c2C1. The van der Waals surface area contributed by atoms with Crippen molar-refractivity contribution in [3.05, 3.63) is 106 Å². The lowest BCUT2D eigenvalue weighted by Crippen LogP contribution is -2.40. The number of carbonyl (C=O) groups is 1. The number of amides is 2. The van der Waals surface area contributed by atoms with Gasteiger partial charge in [0.1, 0.15) is 11.6 Å². The number of aromatic nitrogens is 2. The minimum Gasteiger partial charge on any atom is -0.438 e. The second-order valence-corrected chi connectivity index (χ2v) is 9.80. The molecule has 192 valence electrons. The van der Waals surface area contributed by atoms with Crippen LogP contribution in [-0.4, -0.2) is 34.0 Å². The fourth-order valence-corrected chi connectivity index (χ4v) is 5.04. The zero-order chi connectivity index (χ0) is 26.1. The van der Waals surface area contributed by atoms with E-state index < -0.39 is 5.82 Å². The fraction of sp³-hybridized carbons (Fsp3) is 0.207. The fourth-order valence-electron chi connectivity index (χ4n) is 4.85. The standard InChI is InChI=1S/C29H25ClFN5O2/c30-21-7-3-9-23(15-21)32-29(37)36-14-12-26-25(18-36)27(38-24-10-4-8-22(31)16-24)34-28(33-26)35-13-11-19-5-1-2-6-20(19)17-35/h1-10,15-16H,11-14,17-18H2,(H,32,37). The van der Waals surface area contributed by atoms with E-state index in [1.54, 1.807) is 41.3 Å². The molecule has 0 fully saturated rings. The number of hydrogen-bond donors (Lipinski definition) is 1. The van der Waals surface area contributed by atoms with Gasteiger partial charge in [0.25, 0.3) is 0 Å². The molecule has 38 heavy (non-hydrogen) atoms. The summed E-state index contributed by atoms with van der Waals surface area (Å²) in [4.78, 5) is 26.6. The lowest BCUT2D eigenvalue weighted by Gasteiger charge is -2.32. The summed E-state index contributed by atoms with van der Waals surface area (Å²) < 4.78 is 20.1. The van der Waals surface area contributed by atoms with Gasteiger partial charge in [0.2, 0.25) is 11.8 Å².